The van der Waals surface area contributed by atoms with Gasteiger partial charge in [-0.1, -0.05) is 66.4 Å². The molecule has 0 radical (unpaired) electrons. The lowest BCUT2D eigenvalue weighted by Gasteiger charge is -2.09. The summed E-state index contributed by atoms with van der Waals surface area (Å²) in [7, 11) is 0. The third-order valence-electron chi connectivity index (χ3n) is 5.64. The molecule has 6 rings (SSSR count). The standard InChI is InChI=1S/C26H20N6O2S/c1-17-11-12-22-27-19(15-31(22)13-17)16-35-26-29-28-24(34-26)23-20-9-5-6-10-21(20)25(33)32(30-23)14-18-7-3-2-4-8-18/h2-13,15H,14,16H2,1H3. The maximum absolute atomic E-state index is 13.1. The normalized spacial score (nSPS) is 11.5. The highest BCUT2D eigenvalue weighted by molar-refractivity contribution is 7.98. The molecule has 9 heteroatoms. The minimum absolute atomic E-state index is 0.163. The topological polar surface area (TPSA) is 91.1 Å². The first-order chi connectivity index (χ1) is 17.1. The van der Waals surface area contributed by atoms with E-state index in [1.165, 1.54) is 22.0 Å². The third kappa shape index (κ3) is 4.22. The van der Waals surface area contributed by atoms with Gasteiger partial charge in [0.05, 0.1) is 17.6 Å². The number of pyridine rings is 1. The van der Waals surface area contributed by atoms with E-state index >= 15 is 0 Å². The van der Waals surface area contributed by atoms with Gasteiger partial charge in [-0.3, -0.25) is 4.79 Å². The molecule has 35 heavy (non-hydrogen) atoms. The van der Waals surface area contributed by atoms with Crippen molar-refractivity contribution in [3.05, 3.63) is 106 Å². The van der Waals surface area contributed by atoms with Crippen LogP contribution < -0.4 is 5.56 Å². The molecule has 0 N–H and O–H groups in total. The second-order valence-corrected chi connectivity index (χ2v) is 9.14. The van der Waals surface area contributed by atoms with Gasteiger partial charge in [-0.05, 0) is 30.2 Å². The Bertz CT molecular complexity index is 1720. The van der Waals surface area contributed by atoms with Crippen LogP contribution in [0.4, 0.5) is 0 Å². The minimum atomic E-state index is -0.163. The Morgan fingerprint density at radius 1 is 0.914 bits per heavy atom. The summed E-state index contributed by atoms with van der Waals surface area (Å²) in [5.41, 5.74) is 4.29. The van der Waals surface area contributed by atoms with Crippen molar-refractivity contribution >= 4 is 28.2 Å². The van der Waals surface area contributed by atoms with Crippen molar-refractivity contribution in [3.8, 4) is 11.6 Å². The smallest absolute Gasteiger partial charge is 0.277 e. The van der Waals surface area contributed by atoms with Crippen LogP contribution in [0.15, 0.2) is 93.6 Å². The number of aromatic nitrogens is 6. The van der Waals surface area contributed by atoms with Gasteiger partial charge in [0.15, 0.2) is 5.69 Å². The minimum Gasteiger partial charge on any atom is -0.409 e. The van der Waals surface area contributed by atoms with E-state index in [9.17, 15) is 4.79 Å². The van der Waals surface area contributed by atoms with Gasteiger partial charge < -0.3 is 8.82 Å². The first-order valence-corrected chi connectivity index (χ1v) is 12.1. The zero-order valence-electron chi connectivity index (χ0n) is 18.8. The number of fused-ring (bicyclic) bond motifs is 2. The van der Waals surface area contributed by atoms with Crippen LogP contribution in [0.2, 0.25) is 0 Å². The Morgan fingerprint density at radius 3 is 2.57 bits per heavy atom. The van der Waals surface area contributed by atoms with E-state index in [2.05, 4.69) is 27.2 Å². The summed E-state index contributed by atoms with van der Waals surface area (Å²) in [5.74, 6) is 0.862. The summed E-state index contributed by atoms with van der Waals surface area (Å²) < 4.78 is 9.42. The second-order valence-electron chi connectivity index (χ2n) is 8.21. The summed E-state index contributed by atoms with van der Waals surface area (Å²) in [5, 5.41) is 14.7. The fourth-order valence-corrected chi connectivity index (χ4v) is 4.63. The SMILES string of the molecule is Cc1ccc2nc(CSc3nnc(-c4nn(Cc5ccccc5)c(=O)c5ccccc45)o3)cn2c1. The molecule has 0 spiro atoms. The summed E-state index contributed by atoms with van der Waals surface area (Å²) in [6.45, 7) is 2.40. The van der Waals surface area contributed by atoms with Crippen LogP contribution in [0.5, 0.6) is 0 Å². The lowest BCUT2D eigenvalue weighted by molar-refractivity contribution is 0.462. The molecule has 0 saturated heterocycles. The van der Waals surface area contributed by atoms with E-state index in [4.69, 9.17) is 4.42 Å². The average molecular weight is 481 g/mol. The molecule has 0 aliphatic carbocycles. The molecule has 8 nitrogen and oxygen atoms in total. The zero-order valence-corrected chi connectivity index (χ0v) is 19.6. The Hall–Kier alpha value is -4.24. The Balaban J connectivity index is 1.31. The number of aryl methyl sites for hydroxylation is 1. The van der Waals surface area contributed by atoms with Crippen LogP contribution in [0, 0.1) is 6.92 Å². The number of imidazole rings is 1. The monoisotopic (exact) mass is 480 g/mol. The van der Waals surface area contributed by atoms with Crippen molar-refractivity contribution in [1.82, 2.24) is 29.4 Å². The molecule has 0 saturated carbocycles. The van der Waals surface area contributed by atoms with Crippen molar-refractivity contribution in [2.24, 2.45) is 0 Å². The van der Waals surface area contributed by atoms with E-state index in [-0.39, 0.29) is 11.4 Å². The van der Waals surface area contributed by atoms with Crippen LogP contribution in [0.1, 0.15) is 16.8 Å². The molecule has 2 aromatic carbocycles. The maximum atomic E-state index is 13.1. The molecule has 0 fully saturated rings. The molecule has 0 amide bonds. The van der Waals surface area contributed by atoms with Crippen molar-refractivity contribution in [3.63, 3.8) is 0 Å². The number of hydrogen-bond donors (Lipinski definition) is 0. The van der Waals surface area contributed by atoms with Crippen LogP contribution in [-0.4, -0.2) is 29.4 Å². The fraction of sp³-hybridized carbons (Fsp3) is 0.115. The van der Waals surface area contributed by atoms with Crippen molar-refractivity contribution in [1.29, 1.82) is 0 Å². The first-order valence-electron chi connectivity index (χ1n) is 11.1. The van der Waals surface area contributed by atoms with Crippen molar-refractivity contribution < 1.29 is 4.42 Å². The summed E-state index contributed by atoms with van der Waals surface area (Å²) >= 11 is 1.41. The maximum Gasteiger partial charge on any atom is 0.277 e. The van der Waals surface area contributed by atoms with E-state index < -0.39 is 0 Å². The lowest BCUT2D eigenvalue weighted by atomic mass is 10.1. The van der Waals surface area contributed by atoms with Gasteiger partial charge >= 0.3 is 0 Å². The fourth-order valence-electron chi connectivity index (χ4n) is 3.98. The van der Waals surface area contributed by atoms with Gasteiger partial charge in [0.1, 0.15) is 5.65 Å². The van der Waals surface area contributed by atoms with Crippen LogP contribution in [-0.2, 0) is 12.3 Å². The van der Waals surface area contributed by atoms with Crippen molar-refractivity contribution in [2.45, 2.75) is 24.4 Å². The third-order valence-corrected chi connectivity index (χ3v) is 6.50. The van der Waals surface area contributed by atoms with E-state index in [1.54, 1.807) is 6.07 Å². The van der Waals surface area contributed by atoms with Gasteiger partial charge in [0.2, 0.25) is 0 Å². The number of rotatable bonds is 6. The first kappa shape index (κ1) is 21.3. The highest BCUT2D eigenvalue weighted by Crippen LogP contribution is 2.28. The van der Waals surface area contributed by atoms with Gasteiger partial charge in [-0.2, -0.15) is 5.10 Å². The molecular weight excluding hydrogens is 460 g/mol. The molecule has 172 valence electrons. The zero-order chi connectivity index (χ0) is 23.8. The predicted octanol–water partition coefficient (Wildman–Crippen LogP) is 4.74. The Labute approximate surface area is 204 Å². The summed E-state index contributed by atoms with van der Waals surface area (Å²) in [6.07, 6.45) is 4.05. The molecule has 0 unspecified atom stereocenters. The molecular formula is C26H20N6O2S. The van der Waals surface area contributed by atoms with E-state index in [0.29, 0.717) is 34.0 Å². The predicted molar refractivity (Wildman–Crippen MR) is 134 cm³/mol. The molecule has 0 aliphatic heterocycles. The highest BCUT2D eigenvalue weighted by Gasteiger charge is 2.18. The van der Waals surface area contributed by atoms with Gasteiger partial charge in [-0.25, -0.2) is 9.67 Å². The van der Waals surface area contributed by atoms with Crippen molar-refractivity contribution in [2.75, 3.05) is 0 Å². The molecule has 6 aromatic rings. The van der Waals surface area contributed by atoms with Crippen LogP contribution in [0.25, 0.3) is 28.0 Å². The molecule has 0 atom stereocenters. The summed E-state index contributed by atoms with van der Waals surface area (Å²) in [4.78, 5) is 17.7. The quantitative estimate of drug-likeness (QED) is 0.318. The molecule has 4 aromatic heterocycles. The van der Waals surface area contributed by atoms with E-state index in [1.807, 2.05) is 77.5 Å². The van der Waals surface area contributed by atoms with Gasteiger partial charge in [0, 0.05) is 23.5 Å². The number of hydrogen-bond acceptors (Lipinski definition) is 7. The Kier molecular flexibility index (Phi) is 5.38. The van der Waals surface area contributed by atoms with Gasteiger partial charge in [0.25, 0.3) is 16.7 Å². The molecule has 4 heterocycles. The van der Waals surface area contributed by atoms with Crippen LogP contribution in [0.3, 0.4) is 0 Å². The van der Waals surface area contributed by atoms with E-state index in [0.717, 1.165) is 16.9 Å². The molecule has 0 bridgehead atoms. The number of nitrogens with zero attached hydrogens (tertiary/aromatic N) is 6. The highest BCUT2D eigenvalue weighted by atomic mass is 32.2. The lowest BCUT2D eigenvalue weighted by Crippen LogP contribution is -2.24. The Morgan fingerprint density at radius 2 is 1.71 bits per heavy atom. The average Bonchev–Trinajstić information content (AvgIpc) is 3.51. The largest absolute Gasteiger partial charge is 0.409 e. The number of benzene rings is 2. The van der Waals surface area contributed by atoms with Crippen LogP contribution >= 0.6 is 11.8 Å². The second kappa shape index (κ2) is 8.84. The number of thioether (sulfide) groups is 1. The molecule has 0 aliphatic rings. The van der Waals surface area contributed by atoms with Gasteiger partial charge in [-0.15, -0.1) is 10.2 Å². The summed E-state index contributed by atoms with van der Waals surface area (Å²) in [6, 6.07) is 21.1.